The van der Waals surface area contributed by atoms with Crippen LogP contribution in [0.5, 0.6) is 5.75 Å². The quantitative estimate of drug-likeness (QED) is 0.571. The summed E-state index contributed by atoms with van der Waals surface area (Å²) in [6.07, 6.45) is 4.09. The Kier molecular flexibility index (Phi) is 6.14. The summed E-state index contributed by atoms with van der Waals surface area (Å²) in [4.78, 5) is 32.9. The molecule has 0 aliphatic carbocycles. The molecule has 2 saturated heterocycles. The number of amides is 2. The van der Waals surface area contributed by atoms with Crippen molar-refractivity contribution in [3.63, 3.8) is 0 Å². The summed E-state index contributed by atoms with van der Waals surface area (Å²) < 4.78 is 16.6. The zero-order chi connectivity index (χ0) is 24.4. The van der Waals surface area contributed by atoms with Crippen LogP contribution in [0.15, 0.2) is 45.4 Å². The molecule has 180 valence electrons. The van der Waals surface area contributed by atoms with Gasteiger partial charge in [-0.3, -0.25) is 9.59 Å². The first kappa shape index (κ1) is 22.5. The molecular formula is C25H25N5O5. The number of nitriles is 1. The Morgan fingerprint density at radius 1 is 1.26 bits per heavy atom. The lowest BCUT2D eigenvalue weighted by Crippen LogP contribution is -2.38. The van der Waals surface area contributed by atoms with Crippen LogP contribution in [0.25, 0.3) is 11.7 Å². The number of hydrogen-bond acceptors (Lipinski definition) is 8. The number of ether oxygens (including phenoxy) is 1. The number of rotatable bonds is 6. The van der Waals surface area contributed by atoms with Gasteiger partial charge in [-0.05, 0) is 43.5 Å². The average Bonchev–Trinajstić information content (AvgIpc) is 3.65. The second-order valence-electron chi connectivity index (χ2n) is 8.55. The average molecular weight is 476 g/mol. The zero-order valence-electron chi connectivity index (χ0n) is 19.3. The standard InChI is InChI=1S/C25H25N5O5/c1-33-21-14-17(6-7-19(21)30-10-2-5-22(30)31)27-23(32)16-8-11-29(12-9-16)25-18(15-26)28-24(35-25)20-4-3-13-34-20/h3-4,6-7,13-14,16H,2,5,8-12H2,1H3,(H,27,32). The van der Waals surface area contributed by atoms with Gasteiger partial charge >= 0.3 is 0 Å². The van der Waals surface area contributed by atoms with Gasteiger partial charge in [0.1, 0.15) is 11.8 Å². The van der Waals surface area contributed by atoms with E-state index in [1.807, 2.05) is 11.0 Å². The topological polar surface area (TPSA) is 125 Å². The predicted molar refractivity (Wildman–Crippen MR) is 127 cm³/mol. The lowest BCUT2D eigenvalue weighted by molar-refractivity contribution is -0.120. The molecule has 0 atom stereocenters. The van der Waals surface area contributed by atoms with Gasteiger partial charge in [-0.15, -0.1) is 0 Å². The number of carbonyl (C=O) groups is 2. The van der Waals surface area contributed by atoms with E-state index in [1.165, 1.54) is 6.26 Å². The van der Waals surface area contributed by atoms with Crippen molar-refractivity contribution in [3.8, 4) is 23.5 Å². The van der Waals surface area contributed by atoms with Crippen LogP contribution in [-0.2, 0) is 9.59 Å². The molecule has 2 aromatic heterocycles. The Morgan fingerprint density at radius 2 is 2.09 bits per heavy atom. The molecule has 1 aromatic carbocycles. The lowest BCUT2D eigenvalue weighted by Gasteiger charge is -2.31. The molecule has 0 saturated carbocycles. The third-order valence-electron chi connectivity index (χ3n) is 6.41. The van der Waals surface area contributed by atoms with Gasteiger partial charge in [-0.2, -0.15) is 10.2 Å². The summed E-state index contributed by atoms with van der Waals surface area (Å²) in [6.45, 7) is 1.78. The van der Waals surface area contributed by atoms with E-state index in [1.54, 1.807) is 36.3 Å². The number of methoxy groups -OCH3 is 1. The Balaban J connectivity index is 1.22. The molecule has 0 bridgehead atoms. The zero-order valence-corrected chi connectivity index (χ0v) is 19.3. The SMILES string of the molecule is COc1cc(NC(=O)C2CCN(c3oc(-c4ccco4)nc3C#N)CC2)ccc1N1CCCC1=O. The van der Waals surface area contributed by atoms with Crippen molar-refractivity contribution in [3.05, 3.63) is 42.3 Å². The van der Waals surface area contributed by atoms with Crippen molar-refractivity contribution < 1.29 is 23.2 Å². The monoisotopic (exact) mass is 475 g/mol. The van der Waals surface area contributed by atoms with Crippen molar-refractivity contribution in [2.75, 3.05) is 41.9 Å². The molecule has 35 heavy (non-hydrogen) atoms. The molecule has 2 aliphatic rings. The number of oxazole rings is 1. The maximum atomic E-state index is 13.0. The minimum atomic E-state index is -0.185. The lowest BCUT2D eigenvalue weighted by atomic mass is 9.95. The number of nitrogens with one attached hydrogen (secondary N) is 1. The fourth-order valence-electron chi connectivity index (χ4n) is 4.58. The maximum absolute atomic E-state index is 13.0. The Morgan fingerprint density at radius 3 is 2.74 bits per heavy atom. The van der Waals surface area contributed by atoms with Crippen LogP contribution in [0.4, 0.5) is 17.3 Å². The fourth-order valence-corrected chi connectivity index (χ4v) is 4.58. The van der Waals surface area contributed by atoms with Crippen molar-refractivity contribution in [2.24, 2.45) is 5.92 Å². The number of carbonyl (C=O) groups excluding carboxylic acids is 2. The van der Waals surface area contributed by atoms with E-state index in [2.05, 4.69) is 16.4 Å². The van der Waals surface area contributed by atoms with Crippen LogP contribution in [0.1, 0.15) is 31.4 Å². The van der Waals surface area contributed by atoms with E-state index in [0.717, 1.165) is 12.1 Å². The minimum Gasteiger partial charge on any atom is -0.494 e. The van der Waals surface area contributed by atoms with Gasteiger partial charge in [-0.1, -0.05) is 0 Å². The first-order valence-electron chi connectivity index (χ1n) is 11.6. The van der Waals surface area contributed by atoms with Crippen LogP contribution in [0, 0.1) is 17.2 Å². The second-order valence-corrected chi connectivity index (χ2v) is 8.55. The summed E-state index contributed by atoms with van der Waals surface area (Å²) >= 11 is 0. The Hall–Kier alpha value is -4.26. The van der Waals surface area contributed by atoms with Gasteiger partial charge in [0.2, 0.25) is 23.4 Å². The largest absolute Gasteiger partial charge is 0.494 e. The Bertz CT molecular complexity index is 1270. The summed E-state index contributed by atoms with van der Waals surface area (Å²) in [6, 6.07) is 10.9. The number of nitrogens with zero attached hydrogens (tertiary/aromatic N) is 4. The van der Waals surface area contributed by atoms with Gasteiger partial charge < -0.3 is 28.7 Å². The van der Waals surface area contributed by atoms with Gasteiger partial charge in [0.25, 0.3) is 5.89 Å². The van der Waals surface area contributed by atoms with Crippen LogP contribution in [-0.4, -0.2) is 43.5 Å². The van der Waals surface area contributed by atoms with Crippen molar-refractivity contribution in [2.45, 2.75) is 25.7 Å². The molecule has 10 heteroatoms. The van der Waals surface area contributed by atoms with Gasteiger partial charge in [0, 0.05) is 43.7 Å². The molecule has 5 rings (SSSR count). The molecule has 0 radical (unpaired) electrons. The number of furan rings is 1. The molecule has 4 heterocycles. The smallest absolute Gasteiger partial charge is 0.266 e. The van der Waals surface area contributed by atoms with Gasteiger partial charge in [0.05, 0.1) is 19.1 Å². The van der Waals surface area contributed by atoms with E-state index in [-0.39, 0.29) is 29.3 Å². The van der Waals surface area contributed by atoms with Gasteiger partial charge in [0.15, 0.2) is 5.76 Å². The predicted octanol–water partition coefficient (Wildman–Crippen LogP) is 3.80. The molecule has 2 aliphatic heterocycles. The third-order valence-corrected chi connectivity index (χ3v) is 6.41. The molecule has 0 unspecified atom stereocenters. The Labute approximate surface area is 202 Å². The molecular weight excluding hydrogens is 450 g/mol. The highest BCUT2D eigenvalue weighted by molar-refractivity contribution is 5.98. The first-order valence-corrected chi connectivity index (χ1v) is 11.6. The van der Waals surface area contributed by atoms with E-state index in [0.29, 0.717) is 62.0 Å². The third kappa shape index (κ3) is 4.45. The van der Waals surface area contributed by atoms with Crippen molar-refractivity contribution in [1.82, 2.24) is 4.98 Å². The van der Waals surface area contributed by atoms with Crippen molar-refractivity contribution in [1.29, 1.82) is 5.26 Å². The van der Waals surface area contributed by atoms with E-state index >= 15 is 0 Å². The molecule has 1 N–H and O–H groups in total. The highest BCUT2D eigenvalue weighted by Crippen LogP contribution is 2.35. The summed E-state index contributed by atoms with van der Waals surface area (Å²) in [7, 11) is 1.55. The molecule has 3 aromatic rings. The number of piperidine rings is 1. The van der Waals surface area contributed by atoms with Crippen molar-refractivity contribution >= 4 is 29.1 Å². The normalized spacial score (nSPS) is 16.4. The maximum Gasteiger partial charge on any atom is 0.266 e. The summed E-state index contributed by atoms with van der Waals surface area (Å²) in [5, 5.41) is 12.5. The van der Waals surface area contributed by atoms with E-state index in [9.17, 15) is 14.9 Å². The van der Waals surface area contributed by atoms with E-state index in [4.69, 9.17) is 13.6 Å². The molecule has 0 spiro atoms. The van der Waals surface area contributed by atoms with Crippen LogP contribution < -0.4 is 19.9 Å². The fraction of sp³-hybridized carbons (Fsp3) is 0.360. The minimum absolute atomic E-state index is 0.0777. The van der Waals surface area contributed by atoms with E-state index < -0.39 is 0 Å². The molecule has 2 amide bonds. The number of aromatic nitrogens is 1. The first-order chi connectivity index (χ1) is 17.1. The second kappa shape index (κ2) is 9.54. The molecule has 2 fully saturated rings. The summed E-state index contributed by atoms with van der Waals surface area (Å²) in [5.41, 5.74) is 1.54. The van der Waals surface area contributed by atoms with Crippen LogP contribution in [0.2, 0.25) is 0 Å². The molecule has 10 nitrogen and oxygen atoms in total. The summed E-state index contributed by atoms with van der Waals surface area (Å²) in [5.74, 6) is 1.48. The van der Waals surface area contributed by atoms with Gasteiger partial charge in [-0.25, -0.2) is 0 Å². The highest BCUT2D eigenvalue weighted by atomic mass is 16.5. The van der Waals surface area contributed by atoms with Crippen LogP contribution in [0.3, 0.4) is 0 Å². The number of hydrogen-bond donors (Lipinski definition) is 1. The highest BCUT2D eigenvalue weighted by Gasteiger charge is 2.30. The van der Waals surface area contributed by atoms with Crippen LogP contribution >= 0.6 is 0 Å². The number of anilines is 3. The number of benzene rings is 1.